The van der Waals surface area contributed by atoms with E-state index in [1.165, 1.54) is 0 Å². The van der Waals surface area contributed by atoms with Crippen molar-refractivity contribution in [1.29, 1.82) is 0 Å². The standard InChI is InChI=1S/C12H15BrClNO/c1-3-10(7-14)15-12(16)9-5-4-8(2)11(13)6-9/h4-6,10H,3,7H2,1-2H3,(H,15,16). The Labute approximate surface area is 110 Å². The van der Waals surface area contributed by atoms with Gasteiger partial charge in [0.1, 0.15) is 0 Å². The Bertz CT molecular complexity index is 377. The lowest BCUT2D eigenvalue weighted by atomic mass is 10.1. The zero-order valence-corrected chi connectivity index (χ0v) is 11.7. The maximum atomic E-state index is 11.8. The summed E-state index contributed by atoms with van der Waals surface area (Å²) in [7, 11) is 0. The SMILES string of the molecule is CCC(CCl)NC(=O)c1ccc(C)c(Br)c1. The first-order chi connectivity index (χ1) is 7.58. The Morgan fingerprint density at radius 1 is 1.56 bits per heavy atom. The van der Waals surface area contributed by atoms with Crippen molar-refractivity contribution in [3.05, 3.63) is 33.8 Å². The molecule has 88 valence electrons. The van der Waals surface area contributed by atoms with Crippen molar-refractivity contribution < 1.29 is 4.79 Å². The average Bonchev–Trinajstić information content (AvgIpc) is 2.29. The predicted octanol–water partition coefficient (Wildman–Crippen LogP) is 3.50. The minimum Gasteiger partial charge on any atom is -0.348 e. The van der Waals surface area contributed by atoms with Crippen molar-refractivity contribution >= 4 is 33.4 Å². The second-order valence-corrected chi connectivity index (χ2v) is 4.86. The molecule has 1 aromatic rings. The highest BCUT2D eigenvalue weighted by Crippen LogP contribution is 2.17. The number of amides is 1. The van der Waals surface area contributed by atoms with E-state index in [0.29, 0.717) is 11.4 Å². The maximum absolute atomic E-state index is 11.8. The maximum Gasteiger partial charge on any atom is 0.251 e. The highest BCUT2D eigenvalue weighted by molar-refractivity contribution is 9.10. The van der Waals surface area contributed by atoms with Gasteiger partial charge >= 0.3 is 0 Å². The zero-order chi connectivity index (χ0) is 12.1. The van der Waals surface area contributed by atoms with Gasteiger partial charge in [-0.25, -0.2) is 0 Å². The van der Waals surface area contributed by atoms with Gasteiger partial charge in [-0.2, -0.15) is 0 Å². The predicted molar refractivity (Wildman–Crippen MR) is 71.1 cm³/mol. The Morgan fingerprint density at radius 2 is 2.25 bits per heavy atom. The third kappa shape index (κ3) is 3.49. The number of hydrogen-bond acceptors (Lipinski definition) is 1. The summed E-state index contributed by atoms with van der Waals surface area (Å²) in [6, 6.07) is 5.59. The van der Waals surface area contributed by atoms with Gasteiger partial charge in [0.2, 0.25) is 0 Å². The summed E-state index contributed by atoms with van der Waals surface area (Å²) in [6.07, 6.45) is 0.836. The Morgan fingerprint density at radius 3 is 2.75 bits per heavy atom. The molecular formula is C12H15BrClNO. The lowest BCUT2D eigenvalue weighted by Gasteiger charge is -2.14. The quantitative estimate of drug-likeness (QED) is 0.848. The molecule has 1 rings (SSSR count). The van der Waals surface area contributed by atoms with Crippen molar-refractivity contribution in [2.75, 3.05) is 5.88 Å². The van der Waals surface area contributed by atoms with E-state index in [0.717, 1.165) is 16.5 Å². The number of aryl methyl sites for hydroxylation is 1. The summed E-state index contributed by atoms with van der Waals surface area (Å²) in [5.74, 6) is 0.364. The normalized spacial score (nSPS) is 12.2. The van der Waals surface area contributed by atoms with Crippen molar-refractivity contribution in [3.63, 3.8) is 0 Å². The first-order valence-electron chi connectivity index (χ1n) is 5.21. The van der Waals surface area contributed by atoms with Gasteiger partial charge in [-0.15, -0.1) is 11.6 Å². The zero-order valence-electron chi connectivity index (χ0n) is 9.39. The number of carbonyl (C=O) groups is 1. The number of alkyl halides is 1. The van der Waals surface area contributed by atoms with E-state index in [1.54, 1.807) is 0 Å². The van der Waals surface area contributed by atoms with Crippen LogP contribution in [0.1, 0.15) is 29.3 Å². The van der Waals surface area contributed by atoms with Crippen LogP contribution in [0, 0.1) is 6.92 Å². The molecule has 0 spiro atoms. The Hall–Kier alpha value is -0.540. The first kappa shape index (κ1) is 13.5. The fourth-order valence-electron chi connectivity index (χ4n) is 1.25. The minimum absolute atomic E-state index is 0.0363. The van der Waals surface area contributed by atoms with Crippen LogP contribution < -0.4 is 5.32 Å². The van der Waals surface area contributed by atoms with Crippen LogP contribution in [0.4, 0.5) is 0 Å². The molecule has 0 bridgehead atoms. The van der Waals surface area contributed by atoms with Gasteiger partial charge in [0, 0.05) is 22.0 Å². The molecule has 1 amide bonds. The molecule has 0 fully saturated rings. The summed E-state index contributed by atoms with van der Waals surface area (Å²) in [5, 5.41) is 2.89. The summed E-state index contributed by atoms with van der Waals surface area (Å²) in [4.78, 5) is 11.8. The van der Waals surface area contributed by atoms with Gasteiger partial charge in [-0.05, 0) is 31.0 Å². The molecule has 2 nitrogen and oxygen atoms in total. The van der Waals surface area contributed by atoms with Crippen molar-refractivity contribution in [2.24, 2.45) is 0 Å². The lowest BCUT2D eigenvalue weighted by molar-refractivity contribution is 0.0939. The van der Waals surface area contributed by atoms with E-state index in [-0.39, 0.29) is 11.9 Å². The number of rotatable bonds is 4. The molecule has 1 unspecified atom stereocenters. The molecule has 0 aliphatic carbocycles. The molecular weight excluding hydrogens is 289 g/mol. The van der Waals surface area contributed by atoms with Crippen molar-refractivity contribution in [3.8, 4) is 0 Å². The van der Waals surface area contributed by atoms with Gasteiger partial charge in [0.15, 0.2) is 0 Å². The monoisotopic (exact) mass is 303 g/mol. The number of nitrogens with one attached hydrogen (secondary N) is 1. The van der Waals surface area contributed by atoms with E-state index >= 15 is 0 Å². The second kappa shape index (κ2) is 6.26. The molecule has 0 saturated carbocycles. The van der Waals surface area contributed by atoms with Gasteiger partial charge in [0.25, 0.3) is 5.91 Å². The fourth-order valence-corrected chi connectivity index (χ4v) is 1.93. The first-order valence-corrected chi connectivity index (χ1v) is 6.54. The lowest BCUT2D eigenvalue weighted by Crippen LogP contribution is -2.35. The summed E-state index contributed by atoms with van der Waals surface area (Å²) < 4.78 is 0.944. The minimum atomic E-state index is -0.0757. The molecule has 0 heterocycles. The highest BCUT2D eigenvalue weighted by Gasteiger charge is 2.11. The number of hydrogen-bond donors (Lipinski definition) is 1. The van der Waals surface area contributed by atoms with Crippen LogP contribution in [0.5, 0.6) is 0 Å². The number of halogens is 2. The van der Waals surface area contributed by atoms with Crippen LogP contribution in [-0.2, 0) is 0 Å². The molecule has 0 aliphatic rings. The largest absolute Gasteiger partial charge is 0.348 e. The molecule has 1 aromatic carbocycles. The second-order valence-electron chi connectivity index (χ2n) is 3.70. The van der Waals surface area contributed by atoms with E-state index in [1.807, 2.05) is 32.0 Å². The van der Waals surface area contributed by atoms with Gasteiger partial charge in [0.05, 0.1) is 0 Å². The summed E-state index contributed by atoms with van der Waals surface area (Å²) >= 11 is 9.14. The number of benzene rings is 1. The smallest absolute Gasteiger partial charge is 0.251 e. The van der Waals surface area contributed by atoms with Crippen LogP contribution in [0.2, 0.25) is 0 Å². The van der Waals surface area contributed by atoms with Crippen LogP contribution in [0.25, 0.3) is 0 Å². The van der Waals surface area contributed by atoms with Crippen molar-refractivity contribution in [1.82, 2.24) is 5.32 Å². The topological polar surface area (TPSA) is 29.1 Å². The Kier molecular flexibility index (Phi) is 5.29. The van der Waals surface area contributed by atoms with E-state index < -0.39 is 0 Å². The summed E-state index contributed by atoms with van der Waals surface area (Å²) in [5.41, 5.74) is 1.77. The third-order valence-electron chi connectivity index (χ3n) is 2.45. The van der Waals surface area contributed by atoms with Gasteiger partial charge < -0.3 is 5.32 Å². The Balaban J connectivity index is 2.76. The molecule has 16 heavy (non-hydrogen) atoms. The fraction of sp³-hybridized carbons (Fsp3) is 0.417. The average molecular weight is 305 g/mol. The van der Waals surface area contributed by atoms with Crippen molar-refractivity contribution in [2.45, 2.75) is 26.3 Å². The van der Waals surface area contributed by atoms with Gasteiger partial charge in [-0.3, -0.25) is 4.79 Å². The molecule has 0 radical (unpaired) electrons. The molecule has 1 atom stereocenters. The molecule has 1 N–H and O–H groups in total. The van der Waals surface area contributed by atoms with E-state index in [4.69, 9.17) is 11.6 Å². The molecule has 0 aromatic heterocycles. The molecule has 0 aliphatic heterocycles. The summed E-state index contributed by atoms with van der Waals surface area (Å²) in [6.45, 7) is 3.98. The number of carbonyl (C=O) groups excluding carboxylic acids is 1. The third-order valence-corrected chi connectivity index (χ3v) is 3.68. The van der Waals surface area contributed by atoms with Gasteiger partial charge in [-0.1, -0.05) is 28.9 Å². The molecule has 0 saturated heterocycles. The van der Waals surface area contributed by atoms with Crippen LogP contribution >= 0.6 is 27.5 Å². The van der Waals surface area contributed by atoms with Crippen LogP contribution in [0.3, 0.4) is 0 Å². The van der Waals surface area contributed by atoms with Crippen LogP contribution in [-0.4, -0.2) is 17.8 Å². The van der Waals surface area contributed by atoms with Crippen LogP contribution in [0.15, 0.2) is 22.7 Å². The highest BCUT2D eigenvalue weighted by atomic mass is 79.9. The van der Waals surface area contributed by atoms with E-state index in [9.17, 15) is 4.79 Å². The molecule has 4 heteroatoms. The van der Waals surface area contributed by atoms with E-state index in [2.05, 4.69) is 21.2 Å².